The van der Waals surface area contributed by atoms with Crippen molar-refractivity contribution in [2.45, 2.75) is 12.5 Å². The number of aliphatic imine (C=N–C) groups is 1. The second-order valence-electron chi connectivity index (χ2n) is 6.08. The standard InChI is InChI=1S/C20H14FN3S/c21-14-9-7-13(8-10-14)18-12-16(19-6-3-11-25-19)23-20-22-15-4-1-2-5-17(15)24(18)20/h1-11,18H,12H2/t18-/m0/s1. The van der Waals surface area contributed by atoms with Gasteiger partial charge >= 0.3 is 0 Å². The molecule has 0 radical (unpaired) electrons. The Kier molecular flexibility index (Phi) is 3.28. The largest absolute Gasteiger partial charge is 0.300 e. The highest BCUT2D eigenvalue weighted by molar-refractivity contribution is 7.12. The van der Waals surface area contributed by atoms with Crippen LogP contribution in [0.5, 0.6) is 0 Å². The van der Waals surface area contributed by atoms with Crippen molar-refractivity contribution in [2.75, 3.05) is 0 Å². The molecule has 0 amide bonds. The normalized spacial score (nSPS) is 16.7. The van der Waals surface area contributed by atoms with Gasteiger partial charge < -0.3 is 4.57 Å². The second kappa shape index (κ2) is 5.63. The Morgan fingerprint density at radius 1 is 1.00 bits per heavy atom. The molecule has 25 heavy (non-hydrogen) atoms. The summed E-state index contributed by atoms with van der Waals surface area (Å²) in [6, 6.07) is 19.0. The number of hydrogen-bond donors (Lipinski definition) is 0. The Morgan fingerprint density at radius 2 is 1.84 bits per heavy atom. The molecule has 2 aromatic carbocycles. The van der Waals surface area contributed by atoms with Crippen LogP contribution in [0.15, 0.2) is 71.0 Å². The van der Waals surface area contributed by atoms with Crippen LogP contribution in [0.1, 0.15) is 22.9 Å². The third kappa shape index (κ3) is 2.39. The van der Waals surface area contributed by atoms with Crippen molar-refractivity contribution >= 4 is 34.0 Å². The highest BCUT2D eigenvalue weighted by Gasteiger charge is 2.27. The molecule has 0 fully saturated rings. The third-order valence-corrected chi connectivity index (χ3v) is 5.49. The number of thiophene rings is 1. The predicted molar refractivity (Wildman–Crippen MR) is 99.4 cm³/mol. The molecule has 122 valence electrons. The first kappa shape index (κ1) is 14.5. The molecule has 1 aliphatic heterocycles. The molecule has 1 aliphatic rings. The molecule has 0 saturated carbocycles. The molecular weight excluding hydrogens is 333 g/mol. The summed E-state index contributed by atoms with van der Waals surface area (Å²) in [5.74, 6) is 0.493. The number of fused-ring (bicyclic) bond motifs is 3. The highest BCUT2D eigenvalue weighted by atomic mass is 32.1. The maximum Gasteiger partial charge on any atom is 0.231 e. The van der Waals surface area contributed by atoms with Gasteiger partial charge in [0.05, 0.1) is 22.8 Å². The fourth-order valence-electron chi connectivity index (χ4n) is 3.41. The molecular formula is C20H14FN3S. The first-order valence-electron chi connectivity index (χ1n) is 8.13. The summed E-state index contributed by atoms with van der Waals surface area (Å²) in [6.07, 6.45) is 0.763. The van der Waals surface area contributed by atoms with Gasteiger partial charge in [0.15, 0.2) is 0 Å². The number of aromatic nitrogens is 2. The Balaban J connectivity index is 1.74. The van der Waals surface area contributed by atoms with E-state index in [1.54, 1.807) is 11.3 Å². The van der Waals surface area contributed by atoms with Crippen molar-refractivity contribution in [2.24, 2.45) is 4.99 Å². The van der Waals surface area contributed by atoms with Crippen LogP contribution in [0.4, 0.5) is 10.3 Å². The molecule has 4 aromatic rings. The number of benzene rings is 2. The van der Waals surface area contributed by atoms with Crippen molar-refractivity contribution in [1.82, 2.24) is 9.55 Å². The van der Waals surface area contributed by atoms with Crippen LogP contribution in [0.25, 0.3) is 11.0 Å². The van der Waals surface area contributed by atoms with Gasteiger partial charge in [-0.2, -0.15) is 0 Å². The molecule has 0 N–H and O–H groups in total. The van der Waals surface area contributed by atoms with E-state index >= 15 is 0 Å². The average molecular weight is 347 g/mol. The van der Waals surface area contributed by atoms with Gasteiger partial charge in [-0.1, -0.05) is 30.3 Å². The van der Waals surface area contributed by atoms with Gasteiger partial charge in [-0.3, -0.25) is 0 Å². The molecule has 5 rings (SSSR count). The van der Waals surface area contributed by atoms with E-state index in [-0.39, 0.29) is 11.9 Å². The molecule has 2 aromatic heterocycles. The van der Waals surface area contributed by atoms with Crippen LogP contribution in [-0.4, -0.2) is 15.3 Å². The van der Waals surface area contributed by atoms with Gasteiger partial charge in [-0.15, -0.1) is 11.3 Å². The number of nitrogens with zero attached hydrogens (tertiary/aromatic N) is 3. The molecule has 0 bridgehead atoms. The third-order valence-electron chi connectivity index (χ3n) is 4.57. The van der Waals surface area contributed by atoms with Crippen molar-refractivity contribution in [3.05, 3.63) is 82.3 Å². The van der Waals surface area contributed by atoms with E-state index in [0.29, 0.717) is 5.95 Å². The van der Waals surface area contributed by atoms with Crippen molar-refractivity contribution < 1.29 is 4.39 Å². The van der Waals surface area contributed by atoms with Crippen LogP contribution < -0.4 is 0 Å². The summed E-state index contributed by atoms with van der Waals surface area (Å²) < 4.78 is 15.6. The molecule has 5 heteroatoms. The lowest BCUT2D eigenvalue weighted by Gasteiger charge is -2.25. The van der Waals surface area contributed by atoms with Crippen LogP contribution in [0.2, 0.25) is 0 Å². The minimum atomic E-state index is -0.220. The maximum absolute atomic E-state index is 13.4. The Hall–Kier alpha value is -2.79. The maximum atomic E-state index is 13.4. The predicted octanol–water partition coefficient (Wildman–Crippen LogP) is 5.35. The lowest BCUT2D eigenvalue weighted by Crippen LogP contribution is -2.19. The number of hydrogen-bond acceptors (Lipinski definition) is 3. The molecule has 0 spiro atoms. The lowest BCUT2D eigenvalue weighted by atomic mass is 9.98. The quantitative estimate of drug-likeness (QED) is 0.481. The summed E-state index contributed by atoms with van der Waals surface area (Å²) in [4.78, 5) is 10.7. The van der Waals surface area contributed by atoms with Gasteiger partial charge in [0.1, 0.15) is 5.82 Å². The first-order chi connectivity index (χ1) is 12.3. The van der Waals surface area contributed by atoms with Crippen LogP contribution in [0, 0.1) is 5.82 Å². The summed E-state index contributed by atoms with van der Waals surface area (Å²) >= 11 is 1.68. The minimum Gasteiger partial charge on any atom is -0.300 e. The summed E-state index contributed by atoms with van der Waals surface area (Å²) in [6.45, 7) is 0. The van der Waals surface area contributed by atoms with E-state index < -0.39 is 0 Å². The van der Waals surface area contributed by atoms with E-state index in [1.165, 1.54) is 12.1 Å². The monoisotopic (exact) mass is 347 g/mol. The van der Waals surface area contributed by atoms with E-state index in [9.17, 15) is 4.39 Å². The van der Waals surface area contributed by atoms with Gasteiger partial charge in [0, 0.05) is 11.3 Å². The number of halogens is 1. The molecule has 0 aliphatic carbocycles. The Bertz CT molecular complexity index is 1080. The summed E-state index contributed by atoms with van der Waals surface area (Å²) in [5, 5.41) is 2.06. The highest BCUT2D eigenvalue weighted by Crippen LogP contribution is 2.37. The van der Waals surface area contributed by atoms with Gasteiger partial charge in [0.2, 0.25) is 5.95 Å². The van der Waals surface area contributed by atoms with E-state index in [4.69, 9.17) is 9.98 Å². The zero-order valence-corrected chi connectivity index (χ0v) is 14.1. The molecule has 3 heterocycles. The van der Waals surface area contributed by atoms with Crippen LogP contribution >= 0.6 is 11.3 Å². The molecule has 1 atom stereocenters. The molecule has 3 nitrogen and oxygen atoms in total. The Morgan fingerprint density at radius 3 is 2.64 bits per heavy atom. The average Bonchev–Trinajstić information content (AvgIpc) is 3.29. The zero-order valence-electron chi connectivity index (χ0n) is 13.3. The minimum absolute atomic E-state index is 0.0533. The fraction of sp³-hybridized carbons (Fsp3) is 0.100. The first-order valence-corrected chi connectivity index (χ1v) is 9.01. The molecule has 0 unspecified atom stereocenters. The van der Waals surface area contributed by atoms with Gasteiger partial charge in [0.25, 0.3) is 0 Å². The fourth-order valence-corrected chi connectivity index (χ4v) is 4.13. The topological polar surface area (TPSA) is 30.2 Å². The van der Waals surface area contributed by atoms with E-state index in [2.05, 4.69) is 22.1 Å². The van der Waals surface area contributed by atoms with Crippen LogP contribution in [-0.2, 0) is 0 Å². The number of imidazole rings is 1. The van der Waals surface area contributed by atoms with Gasteiger partial charge in [-0.05, 0) is 41.3 Å². The number of rotatable bonds is 2. The van der Waals surface area contributed by atoms with Crippen molar-refractivity contribution in [1.29, 1.82) is 0 Å². The smallest absolute Gasteiger partial charge is 0.231 e. The lowest BCUT2D eigenvalue weighted by molar-refractivity contribution is 0.602. The SMILES string of the molecule is Fc1ccc([C@@H]2CC(c3cccs3)=Nc3nc4ccccc4n32)cc1. The summed E-state index contributed by atoms with van der Waals surface area (Å²) in [5.41, 5.74) is 4.09. The van der Waals surface area contributed by atoms with E-state index in [0.717, 1.165) is 33.6 Å². The number of para-hydroxylation sites is 2. The summed E-state index contributed by atoms with van der Waals surface area (Å²) in [7, 11) is 0. The molecule has 0 saturated heterocycles. The Labute approximate surface area is 148 Å². The van der Waals surface area contributed by atoms with E-state index in [1.807, 2.05) is 36.4 Å². The second-order valence-corrected chi connectivity index (χ2v) is 7.03. The van der Waals surface area contributed by atoms with Gasteiger partial charge in [-0.25, -0.2) is 14.4 Å². The van der Waals surface area contributed by atoms with Crippen molar-refractivity contribution in [3.8, 4) is 0 Å². The zero-order chi connectivity index (χ0) is 16.8. The van der Waals surface area contributed by atoms with Crippen LogP contribution in [0.3, 0.4) is 0 Å². The van der Waals surface area contributed by atoms with Crippen molar-refractivity contribution in [3.63, 3.8) is 0 Å².